The van der Waals surface area contributed by atoms with Gasteiger partial charge in [0, 0.05) is 0 Å². The minimum Gasteiger partial charge on any atom is -0.507 e. The van der Waals surface area contributed by atoms with Gasteiger partial charge < -0.3 is 9.84 Å². The van der Waals surface area contributed by atoms with Crippen LogP contribution in [0.2, 0.25) is 0 Å². The van der Waals surface area contributed by atoms with E-state index in [0.29, 0.717) is 18.3 Å². The molecule has 3 nitrogen and oxygen atoms in total. The maximum absolute atomic E-state index is 11.3. The largest absolute Gasteiger partial charge is 0.507 e. The summed E-state index contributed by atoms with van der Waals surface area (Å²) < 4.78 is 5.46. The van der Waals surface area contributed by atoms with Crippen LogP contribution < -0.4 is 4.74 Å². The van der Waals surface area contributed by atoms with Gasteiger partial charge >= 0.3 is 0 Å². The molecule has 15 heavy (non-hydrogen) atoms. The van der Waals surface area contributed by atoms with Crippen molar-refractivity contribution in [2.75, 3.05) is 6.61 Å². The number of ketones is 1. The van der Waals surface area contributed by atoms with Crippen molar-refractivity contribution in [2.45, 2.75) is 20.8 Å². The Bertz CT molecular complexity index is 356. The number of hydrogen-bond donors (Lipinski definition) is 1. The topological polar surface area (TPSA) is 46.5 Å². The highest BCUT2D eigenvalue weighted by Crippen LogP contribution is 2.28. The number of hydrogen-bond acceptors (Lipinski definition) is 3. The Labute approximate surface area is 89.7 Å². The van der Waals surface area contributed by atoms with Crippen LogP contribution in [0.3, 0.4) is 0 Å². The van der Waals surface area contributed by atoms with Crippen molar-refractivity contribution >= 4 is 5.78 Å². The molecule has 0 spiro atoms. The van der Waals surface area contributed by atoms with Gasteiger partial charge in [0.05, 0.1) is 6.61 Å². The van der Waals surface area contributed by atoms with E-state index in [1.807, 2.05) is 13.8 Å². The zero-order valence-corrected chi connectivity index (χ0v) is 9.28. The second kappa shape index (κ2) is 4.82. The van der Waals surface area contributed by atoms with Gasteiger partial charge in [-0.25, -0.2) is 0 Å². The lowest BCUT2D eigenvalue weighted by molar-refractivity contribution is 0.101. The third kappa shape index (κ3) is 2.98. The molecule has 0 aliphatic rings. The Morgan fingerprint density at radius 3 is 2.67 bits per heavy atom. The van der Waals surface area contributed by atoms with Crippen molar-refractivity contribution in [1.29, 1.82) is 0 Å². The van der Waals surface area contributed by atoms with Gasteiger partial charge in [-0.3, -0.25) is 4.79 Å². The van der Waals surface area contributed by atoms with Gasteiger partial charge in [-0.1, -0.05) is 19.9 Å². The Kier molecular flexibility index (Phi) is 3.72. The zero-order valence-electron chi connectivity index (χ0n) is 9.28. The SMILES string of the molecule is CC(=O)c1c(O)cccc1OCC(C)C. The van der Waals surface area contributed by atoms with Gasteiger partial charge in [0.15, 0.2) is 5.78 Å². The van der Waals surface area contributed by atoms with Crippen LogP contribution in [0.15, 0.2) is 18.2 Å². The average Bonchev–Trinajstić information content (AvgIpc) is 2.13. The monoisotopic (exact) mass is 208 g/mol. The molecule has 3 heteroatoms. The third-order valence-electron chi connectivity index (χ3n) is 1.93. The summed E-state index contributed by atoms with van der Waals surface area (Å²) in [6.07, 6.45) is 0. The zero-order chi connectivity index (χ0) is 11.4. The Balaban J connectivity index is 2.96. The highest BCUT2D eigenvalue weighted by molar-refractivity contribution is 5.99. The van der Waals surface area contributed by atoms with E-state index in [4.69, 9.17) is 4.74 Å². The maximum Gasteiger partial charge on any atom is 0.167 e. The number of phenolic OH excluding ortho intramolecular Hbond substituents is 1. The fourth-order valence-electron chi connectivity index (χ4n) is 1.25. The number of Topliss-reactive ketones (excluding diaryl/α,β-unsaturated/α-hetero) is 1. The predicted molar refractivity (Wildman–Crippen MR) is 58.4 cm³/mol. The lowest BCUT2D eigenvalue weighted by Crippen LogP contribution is -2.07. The molecule has 0 aliphatic heterocycles. The smallest absolute Gasteiger partial charge is 0.167 e. The molecule has 0 aromatic heterocycles. The average molecular weight is 208 g/mol. The number of phenols is 1. The highest BCUT2D eigenvalue weighted by atomic mass is 16.5. The van der Waals surface area contributed by atoms with Crippen molar-refractivity contribution in [2.24, 2.45) is 5.92 Å². The van der Waals surface area contributed by atoms with E-state index in [-0.39, 0.29) is 17.1 Å². The first-order valence-electron chi connectivity index (χ1n) is 4.98. The fourth-order valence-corrected chi connectivity index (χ4v) is 1.25. The van der Waals surface area contributed by atoms with E-state index >= 15 is 0 Å². The molecule has 1 aromatic rings. The molecule has 0 saturated carbocycles. The fraction of sp³-hybridized carbons (Fsp3) is 0.417. The molecule has 0 fully saturated rings. The van der Waals surface area contributed by atoms with Gasteiger partial charge in [0.2, 0.25) is 0 Å². The van der Waals surface area contributed by atoms with Crippen LogP contribution >= 0.6 is 0 Å². The van der Waals surface area contributed by atoms with Crippen molar-refractivity contribution in [3.8, 4) is 11.5 Å². The van der Waals surface area contributed by atoms with Crippen molar-refractivity contribution < 1.29 is 14.6 Å². The summed E-state index contributed by atoms with van der Waals surface area (Å²) in [5, 5.41) is 9.53. The molecule has 0 bridgehead atoms. The second-order valence-electron chi connectivity index (χ2n) is 3.91. The summed E-state index contributed by atoms with van der Waals surface area (Å²) in [6, 6.07) is 4.84. The molecule has 0 aliphatic carbocycles. The van der Waals surface area contributed by atoms with E-state index in [9.17, 15) is 9.90 Å². The maximum atomic E-state index is 11.3. The van der Waals surface area contributed by atoms with Gasteiger partial charge in [-0.2, -0.15) is 0 Å². The molecule has 0 unspecified atom stereocenters. The molecule has 0 radical (unpaired) electrons. The van der Waals surface area contributed by atoms with Gasteiger partial charge in [0.25, 0.3) is 0 Å². The van der Waals surface area contributed by atoms with E-state index < -0.39 is 0 Å². The number of rotatable bonds is 4. The van der Waals surface area contributed by atoms with E-state index in [1.54, 1.807) is 12.1 Å². The van der Waals surface area contributed by atoms with Gasteiger partial charge in [-0.15, -0.1) is 0 Å². The highest BCUT2D eigenvalue weighted by Gasteiger charge is 2.13. The first-order valence-corrected chi connectivity index (χ1v) is 4.98. The molecule has 1 N–H and O–H groups in total. The first kappa shape index (κ1) is 11.6. The van der Waals surface area contributed by atoms with Crippen LogP contribution in [-0.4, -0.2) is 17.5 Å². The van der Waals surface area contributed by atoms with Crippen molar-refractivity contribution in [1.82, 2.24) is 0 Å². The quantitative estimate of drug-likeness (QED) is 0.774. The van der Waals surface area contributed by atoms with Crippen molar-refractivity contribution in [3.05, 3.63) is 23.8 Å². The van der Waals surface area contributed by atoms with Crippen LogP contribution in [-0.2, 0) is 0 Å². The molecule has 1 rings (SSSR count). The van der Waals surface area contributed by atoms with E-state index in [1.165, 1.54) is 13.0 Å². The molecule has 0 heterocycles. The summed E-state index contributed by atoms with van der Waals surface area (Å²) >= 11 is 0. The molecule has 0 saturated heterocycles. The molecular weight excluding hydrogens is 192 g/mol. The number of carbonyl (C=O) groups excluding carboxylic acids is 1. The number of ether oxygens (including phenoxy) is 1. The molecule has 82 valence electrons. The minimum atomic E-state index is -0.188. The van der Waals surface area contributed by atoms with Crippen LogP contribution in [0.5, 0.6) is 11.5 Å². The minimum absolute atomic E-state index is 0.0243. The van der Waals surface area contributed by atoms with Gasteiger partial charge in [0.1, 0.15) is 17.1 Å². The Hall–Kier alpha value is -1.51. The normalized spacial score (nSPS) is 10.4. The van der Waals surface area contributed by atoms with Crippen LogP contribution in [0.4, 0.5) is 0 Å². The van der Waals surface area contributed by atoms with Gasteiger partial charge in [-0.05, 0) is 25.0 Å². The third-order valence-corrected chi connectivity index (χ3v) is 1.93. The number of carbonyl (C=O) groups is 1. The number of aromatic hydroxyl groups is 1. The van der Waals surface area contributed by atoms with E-state index in [2.05, 4.69) is 0 Å². The number of benzene rings is 1. The lowest BCUT2D eigenvalue weighted by atomic mass is 10.1. The van der Waals surface area contributed by atoms with Crippen LogP contribution in [0, 0.1) is 5.92 Å². The lowest BCUT2D eigenvalue weighted by Gasteiger charge is -2.12. The van der Waals surface area contributed by atoms with E-state index in [0.717, 1.165) is 0 Å². The summed E-state index contributed by atoms with van der Waals surface area (Å²) in [7, 11) is 0. The summed E-state index contributed by atoms with van der Waals surface area (Å²) in [5.74, 6) is 0.624. The standard InChI is InChI=1S/C12H16O3/c1-8(2)7-15-11-6-4-5-10(14)12(11)9(3)13/h4-6,8,14H,7H2,1-3H3. The summed E-state index contributed by atoms with van der Waals surface area (Å²) in [5.41, 5.74) is 0.262. The molecule has 0 atom stereocenters. The summed E-state index contributed by atoms with van der Waals surface area (Å²) in [6.45, 7) is 5.99. The predicted octanol–water partition coefficient (Wildman–Crippen LogP) is 2.63. The molecule has 1 aromatic carbocycles. The molecule has 0 amide bonds. The van der Waals surface area contributed by atoms with Crippen LogP contribution in [0.25, 0.3) is 0 Å². The van der Waals surface area contributed by atoms with Crippen LogP contribution in [0.1, 0.15) is 31.1 Å². The van der Waals surface area contributed by atoms with Crippen molar-refractivity contribution in [3.63, 3.8) is 0 Å². The first-order chi connectivity index (χ1) is 7.02. The molecular formula is C12H16O3. The second-order valence-corrected chi connectivity index (χ2v) is 3.91. The summed E-state index contributed by atoms with van der Waals surface area (Å²) in [4.78, 5) is 11.3. The Morgan fingerprint density at radius 2 is 2.13 bits per heavy atom. The Morgan fingerprint density at radius 1 is 1.47 bits per heavy atom.